The van der Waals surface area contributed by atoms with Gasteiger partial charge in [-0.15, -0.1) is 0 Å². The molecule has 1 aliphatic rings. The van der Waals surface area contributed by atoms with Crippen LogP contribution in [0.25, 0.3) is 10.9 Å². The minimum Gasteiger partial charge on any atom is -0.480 e. The first-order valence-electron chi connectivity index (χ1n) is 6.65. The molecule has 1 amide bonds. The standard InChI is InChI=1S/C15H16N2O3/c1-15(14(19)20)7-3-9-17(15)13(18)11-4-2-5-12-10(11)6-8-16-12/h2,4-6,8,16H,3,7,9H2,1H3,(H,19,20). The van der Waals surface area contributed by atoms with E-state index in [1.54, 1.807) is 25.3 Å². The summed E-state index contributed by atoms with van der Waals surface area (Å²) in [7, 11) is 0. The second-order valence-electron chi connectivity index (χ2n) is 5.38. The minimum absolute atomic E-state index is 0.211. The van der Waals surface area contributed by atoms with Crippen LogP contribution in [-0.4, -0.2) is 39.0 Å². The zero-order chi connectivity index (χ0) is 14.3. The van der Waals surface area contributed by atoms with Crippen LogP contribution in [0.4, 0.5) is 0 Å². The van der Waals surface area contributed by atoms with Gasteiger partial charge >= 0.3 is 5.97 Å². The van der Waals surface area contributed by atoms with Crippen molar-refractivity contribution in [2.24, 2.45) is 0 Å². The molecule has 1 unspecified atom stereocenters. The van der Waals surface area contributed by atoms with Gasteiger partial charge in [-0.1, -0.05) is 6.07 Å². The monoisotopic (exact) mass is 272 g/mol. The summed E-state index contributed by atoms with van der Waals surface area (Å²) in [6.45, 7) is 2.11. The number of carbonyl (C=O) groups is 2. The van der Waals surface area contributed by atoms with E-state index >= 15 is 0 Å². The Kier molecular flexibility index (Phi) is 2.78. The topological polar surface area (TPSA) is 73.4 Å². The smallest absolute Gasteiger partial charge is 0.329 e. The van der Waals surface area contributed by atoms with Crippen LogP contribution in [0.3, 0.4) is 0 Å². The SMILES string of the molecule is CC1(C(=O)O)CCCN1C(=O)c1cccc2[nH]ccc12. The Morgan fingerprint density at radius 2 is 2.15 bits per heavy atom. The van der Waals surface area contributed by atoms with E-state index in [1.165, 1.54) is 4.90 Å². The third kappa shape index (κ3) is 1.70. The molecule has 20 heavy (non-hydrogen) atoms. The molecule has 1 aromatic heterocycles. The number of likely N-dealkylation sites (tertiary alicyclic amines) is 1. The molecule has 0 spiro atoms. The summed E-state index contributed by atoms with van der Waals surface area (Å²) in [5.41, 5.74) is 0.334. The van der Waals surface area contributed by atoms with E-state index in [0.29, 0.717) is 18.5 Å². The van der Waals surface area contributed by atoms with E-state index in [-0.39, 0.29) is 5.91 Å². The number of nitrogens with zero attached hydrogens (tertiary/aromatic N) is 1. The molecule has 1 fully saturated rings. The van der Waals surface area contributed by atoms with Gasteiger partial charge in [-0.2, -0.15) is 0 Å². The van der Waals surface area contributed by atoms with Crippen molar-refractivity contribution < 1.29 is 14.7 Å². The minimum atomic E-state index is -1.10. The zero-order valence-electron chi connectivity index (χ0n) is 11.2. The molecule has 0 bridgehead atoms. The van der Waals surface area contributed by atoms with Crippen LogP contribution in [0.2, 0.25) is 0 Å². The van der Waals surface area contributed by atoms with Gasteiger partial charge in [0.05, 0.1) is 0 Å². The van der Waals surface area contributed by atoms with E-state index < -0.39 is 11.5 Å². The fourth-order valence-electron chi connectivity index (χ4n) is 2.93. The number of benzene rings is 1. The van der Waals surface area contributed by atoms with E-state index in [2.05, 4.69) is 4.98 Å². The number of carbonyl (C=O) groups excluding carboxylic acids is 1. The van der Waals surface area contributed by atoms with Gasteiger partial charge in [-0.25, -0.2) is 4.79 Å². The predicted molar refractivity (Wildman–Crippen MR) is 74.6 cm³/mol. The van der Waals surface area contributed by atoms with Gasteiger partial charge in [-0.05, 0) is 38.0 Å². The van der Waals surface area contributed by atoms with E-state index in [4.69, 9.17) is 0 Å². The highest BCUT2D eigenvalue weighted by molar-refractivity contribution is 6.08. The summed E-state index contributed by atoms with van der Waals surface area (Å²) in [4.78, 5) is 28.8. The predicted octanol–water partition coefficient (Wildman–Crippen LogP) is 2.25. The lowest BCUT2D eigenvalue weighted by atomic mass is 9.98. The number of rotatable bonds is 2. The zero-order valence-corrected chi connectivity index (χ0v) is 11.2. The summed E-state index contributed by atoms with van der Waals surface area (Å²) >= 11 is 0. The Labute approximate surface area is 116 Å². The second-order valence-corrected chi connectivity index (χ2v) is 5.38. The number of aromatic nitrogens is 1. The molecule has 3 rings (SSSR count). The van der Waals surface area contributed by atoms with Gasteiger partial charge in [-0.3, -0.25) is 4.79 Å². The van der Waals surface area contributed by atoms with Gasteiger partial charge in [0.15, 0.2) is 0 Å². The van der Waals surface area contributed by atoms with Crippen molar-refractivity contribution in [1.82, 2.24) is 9.88 Å². The number of fused-ring (bicyclic) bond motifs is 1. The number of hydrogen-bond donors (Lipinski definition) is 2. The normalized spacial score (nSPS) is 22.4. The van der Waals surface area contributed by atoms with Gasteiger partial charge in [0, 0.05) is 29.2 Å². The van der Waals surface area contributed by atoms with Crippen molar-refractivity contribution in [3.8, 4) is 0 Å². The molecule has 104 valence electrons. The molecule has 2 N–H and O–H groups in total. The highest BCUT2D eigenvalue weighted by Crippen LogP contribution is 2.32. The lowest BCUT2D eigenvalue weighted by molar-refractivity contribution is -0.147. The largest absolute Gasteiger partial charge is 0.480 e. The van der Waals surface area contributed by atoms with Gasteiger partial charge in [0.25, 0.3) is 5.91 Å². The second kappa shape index (κ2) is 4.37. The number of nitrogens with one attached hydrogen (secondary N) is 1. The highest BCUT2D eigenvalue weighted by atomic mass is 16.4. The fraction of sp³-hybridized carbons (Fsp3) is 0.333. The number of carboxylic acid groups (broad SMARTS) is 1. The average molecular weight is 272 g/mol. The number of aliphatic carboxylic acids is 1. The lowest BCUT2D eigenvalue weighted by Crippen LogP contribution is -2.50. The van der Waals surface area contributed by atoms with Crippen LogP contribution >= 0.6 is 0 Å². The average Bonchev–Trinajstić information content (AvgIpc) is 3.04. The molecule has 0 aliphatic carbocycles. The first-order chi connectivity index (χ1) is 9.54. The quantitative estimate of drug-likeness (QED) is 0.880. The van der Waals surface area contributed by atoms with Gasteiger partial charge < -0.3 is 15.0 Å². The summed E-state index contributed by atoms with van der Waals surface area (Å²) < 4.78 is 0. The Bertz CT molecular complexity index is 691. The molecule has 5 nitrogen and oxygen atoms in total. The van der Waals surface area contributed by atoms with E-state index in [9.17, 15) is 14.7 Å². The number of carboxylic acids is 1. The van der Waals surface area contributed by atoms with Crippen LogP contribution < -0.4 is 0 Å². The molecule has 1 atom stereocenters. The van der Waals surface area contributed by atoms with Crippen molar-refractivity contribution in [2.75, 3.05) is 6.54 Å². The summed E-state index contributed by atoms with van der Waals surface area (Å²) in [6, 6.07) is 7.29. The highest BCUT2D eigenvalue weighted by Gasteiger charge is 2.46. The maximum absolute atomic E-state index is 12.7. The van der Waals surface area contributed by atoms with E-state index in [1.807, 2.05) is 12.1 Å². The van der Waals surface area contributed by atoms with Gasteiger partial charge in [0.1, 0.15) is 5.54 Å². The molecule has 1 saturated heterocycles. The number of H-pyrrole nitrogens is 1. The first kappa shape index (κ1) is 12.7. The van der Waals surface area contributed by atoms with Crippen molar-refractivity contribution in [3.05, 3.63) is 36.0 Å². The van der Waals surface area contributed by atoms with Crippen molar-refractivity contribution >= 4 is 22.8 Å². The Balaban J connectivity index is 2.05. The molecular formula is C15H16N2O3. The fourth-order valence-corrected chi connectivity index (χ4v) is 2.93. The van der Waals surface area contributed by atoms with Crippen LogP contribution in [0.15, 0.2) is 30.5 Å². The lowest BCUT2D eigenvalue weighted by Gasteiger charge is -2.31. The first-order valence-corrected chi connectivity index (χ1v) is 6.65. The Morgan fingerprint density at radius 3 is 2.90 bits per heavy atom. The van der Waals surface area contributed by atoms with Crippen LogP contribution in [0, 0.1) is 0 Å². The van der Waals surface area contributed by atoms with Crippen LogP contribution in [0.5, 0.6) is 0 Å². The molecule has 2 heterocycles. The molecule has 2 aromatic rings. The Morgan fingerprint density at radius 1 is 1.35 bits per heavy atom. The number of aromatic amines is 1. The molecule has 1 aliphatic heterocycles. The molecule has 1 aromatic carbocycles. The number of hydrogen-bond acceptors (Lipinski definition) is 2. The summed E-state index contributed by atoms with van der Waals surface area (Å²) in [6.07, 6.45) is 3.00. The van der Waals surface area contributed by atoms with E-state index in [0.717, 1.165) is 17.3 Å². The maximum atomic E-state index is 12.7. The molecule has 5 heteroatoms. The molecule has 0 radical (unpaired) electrons. The Hall–Kier alpha value is -2.30. The number of amides is 1. The van der Waals surface area contributed by atoms with Crippen molar-refractivity contribution in [1.29, 1.82) is 0 Å². The van der Waals surface area contributed by atoms with Crippen LogP contribution in [0.1, 0.15) is 30.1 Å². The van der Waals surface area contributed by atoms with Crippen molar-refractivity contribution in [2.45, 2.75) is 25.3 Å². The van der Waals surface area contributed by atoms with Crippen LogP contribution in [-0.2, 0) is 4.79 Å². The third-order valence-electron chi connectivity index (χ3n) is 4.17. The maximum Gasteiger partial charge on any atom is 0.329 e. The third-order valence-corrected chi connectivity index (χ3v) is 4.17. The molecule has 0 saturated carbocycles. The van der Waals surface area contributed by atoms with Crippen molar-refractivity contribution in [3.63, 3.8) is 0 Å². The molecular weight excluding hydrogens is 256 g/mol. The summed E-state index contributed by atoms with van der Waals surface area (Å²) in [5, 5.41) is 10.2. The van der Waals surface area contributed by atoms with Gasteiger partial charge in [0.2, 0.25) is 0 Å². The summed E-state index contributed by atoms with van der Waals surface area (Å²) in [5.74, 6) is -1.15.